The van der Waals surface area contributed by atoms with Gasteiger partial charge in [0, 0.05) is 50.4 Å². The fourth-order valence-electron chi connectivity index (χ4n) is 5.32. The average Bonchev–Trinajstić information content (AvgIpc) is 3.39. The summed E-state index contributed by atoms with van der Waals surface area (Å²) in [6.07, 6.45) is 3.01. The van der Waals surface area contributed by atoms with Crippen LogP contribution in [0.2, 0.25) is 5.02 Å². The van der Waals surface area contributed by atoms with E-state index >= 15 is 0 Å². The second kappa shape index (κ2) is 13.0. The molecule has 0 bridgehead atoms. The summed E-state index contributed by atoms with van der Waals surface area (Å²) in [7, 11) is 1.55. The van der Waals surface area contributed by atoms with Gasteiger partial charge >= 0.3 is 6.61 Å². The van der Waals surface area contributed by atoms with Gasteiger partial charge in [0.15, 0.2) is 17.4 Å². The minimum Gasteiger partial charge on any atom is -0.432 e. The van der Waals surface area contributed by atoms with E-state index in [1.807, 2.05) is 4.90 Å². The number of benzene rings is 2. The van der Waals surface area contributed by atoms with E-state index in [0.717, 1.165) is 38.1 Å². The largest absolute Gasteiger partial charge is 0.432 e. The lowest BCUT2D eigenvalue weighted by atomic mass is 9.96. The van der Waals surface area contributed by atoms with Crippen LogP contribution in [0, 0.1) is 11.7 Å². The van der Waals surface area contributed by atoms with E-state index in [4.69, 9.17) is 11.6 Å². The third kappa shape index (κ3) is 6.78. The van der Waals surface area contributed by atoms with E-state index in [2.05, 4.69) is 20.4 Å². The summed E-state index contributed by atoms with van der Waals surface area (Å²) in [5, 5.41) is 6.10. The number of carbonyl (C=O) groups excluding carboxylic acids is 3. The first-order valence-electron chi connectivity index (χ1n) is 13.8. The first kappa shape index (κ1) is 30.4. The number of amides is 3. The molecule has 0 aliphatic carbocycles. The van der Waals surface area contributed by atoms with Gasteiger partial charge in [0.05, 0.1) is 22.5 Å². The van der Waals surface area contributed by atoms with Crippen LogP contribution in [0.3, 0.4) is 0 Å². The molecule has 0 radical (unpaired) electrons. The summed E-state index contributed by atoms with van der Waals surface area (Å²) in [6, 6.07) is 8.00. The molecule has 3 heterocycles. The summed E-state index contributed by atoms with van der Waals surface area (Å²) in [5.41, 5.74) is 1.27. The zero-order valence-electron chi connectivity index (χ0n) is 23.3. The molecule has 0 atom stereocenters. The third-order valence-electron chi connectivity index (χ3n) is 7.66. The number of imidazole rings is 1. The van der Waals surface area contributed by atoms with Crippen molar-refractivity contribution in [3.8, 4) is 17.0 Å². The number of aromatic nitrogens is 2. The number of nitrogens with one attached hydrogen (secondary N) is 2. The maximum absolute atomic E-state index is 14.2. The summed E-state index contributed by atoms with van der Waals surface area (Å²) in [4.78, 5) is 46.6. The molecule has 2 aromatic carbocycles. The molecule has 2 aliphatic rings. The van der Waals surface area contributed by atoms with Crippen molar-refractivity contribution >= 4 is 35.0 Å². The molecule has 14 heteroatoms. The van der Waals surface area contributed by atoms with E-state index in [1.165, 1.54) is 29.0 Å². The Balaban J connectivity index is 1.20. The Morgan fingerprint density at radius 2 is 1.74 bits per heavy atom. The zero-order valence-corrected chi connectivity index (χ0v) is 24.0. The molecule has 2 fully saturated rings. The van der Waals surface area contributed by atoms with Crippen molar-refractivity contribution in [3.63, 3.8) is 0 Å². The fourth-order valence-corrected chi connectivity index (χ4v) is 5.58. The van der Waals surface area contributed by atoms with Crippen LogP contribution in [0.15, 0.2) is 42.6 Å². The molecule has 2 aliphatic heterocycles. The van der Waals surface area contributed by atoms with Crippen molar-refractivity contribution in [2.45, 2.75) is 19.5 Å². The van der Waals surface area contributed by atoms with Gasteiger partial charge in [-0.25, -0.2) is 9.37 Å². The monoisotopic (exact) mass is 618 g/mol. The second-order valence-electron chi connectivity index (χ2n) is 10.3. The Labute approximate surface area is 250 Å². The smallest absolute Gasteiger partial charge is 0.387 e. The molecule has 10 nitrogen and oxygen atoms in total. The van der Waals surface area contributed by atoms with Gasteiger partial charge in [-0.05, 0) is 62.3 Å². The first-order valence-corrected chi connectivity index (χ1v) is 14.2. The average molecular weight is 619 g/mol. The standard InChI is InChI=1S/C29H30ClF3N6O4/c1-37-23(18-2-5-24(22(31)14-18)43-29(32)33)16-35-25(37)26(40)36-19-3-4-20(21(30)15-19)28(42)39-12-10-38(11-13-39)27(41)17-6-8-34-9-7-17/h2-5,14-17,29,34H,6-13H2,1H3,(H,36,40). The van der Waals surface area contributed by atoms with Crippen LogP contribution in [0.5, 0.6) is 5.75 Å². The molecule has 0 spiro atoms. The van der Waals surface area contributed by atoms with Crippen LogP contribution in [0.1, 0.15) is 33.8 Å². The van der Waals surface area contributed by atoms with Crippen molar-refractivity contribution in [1.82, 2.24) is 24.7 Å². The van der Waals surface area contributed by atoms with Crippen molar-refractivity contribution in [1.29, 1.82) is 0 Å². The number of ether oxygens (including phenoxy) is 1. The molecular weight excluding hydrogens is 589 g/mol. The Morgan fingerprint density at radius 3 is 2.40 bits per heavy atom. The highest BCUT2D eigenvalue weighted by Gasteiger charge is 2.30. The van der Waals surface area contributed by atoms with Gasteiger partial charge in [0.25, 0.3) is 11.8 Å². The Hall–Kier alpha value is -4.10. The zero-order chi connectivity index (χ0) is 30.7. The number of alkyl halides is 2. The lowest BCUT2D eigenvalue weighted by Gasteiger charge is -2.37. The molecule has 2 N–H and O–H groups in total. The van der Waals surface area contributed by atoms with Crippen LogP contribution < -0.4 is 15.4 Å². The van der Waals surface area contributed by atoms with Gasteiger partial charge in [-0.2, -0.15) is 8.78 Å². The molecule has 5 rings (SSSR count). The van der Waals surface area contributed by atoms with E-state index in [9.17, 15) is 27.6 Å². The van der Waals surface area contributed by atoms with Crippen LogP contribution in [0.25, 0.3) is 11.3 Å². The second-order valence-corrected chi connectivity index (χ2v) is 10.7. The summed E-state index contributed by atoms with van der Waals surface area (Å²) >= 11 is 6.45. The molecule has 228 valence electrons. The van der Waals surface area contributed by atoms with E-state index in [-0.39, 0.29) is 34.1 Å². The quantitative estimate of drug-likeness (QED) is 0.414. The molecule has 3 amide bonds. The summed E-state index contributed by atoms with van der Waals surface area (Å²) < 4.78 is 44.6. The van der Waals surface area contributed by atoms with Crippen LogP contribution in [-0.2, 0) is 11.8 Å². The Morgan fingerprint density at radius 1 is 1.05 bits per heavy atom. The predicted octanol–water partition coefficient (Wildman–Crippen LogP) is 4.02. The van der Waals surface area contributed by atoms with Crippen molar-refractivity contribution in [2.24, 2.45) is 13.0 Å². The third-order valence-corrected chi connectivity index (χ3v) is 7.97. The number of anilines is 1. The molecule has 43 heavy (non-hydrogen) atoms. The summed E-state index contributed by atoms with van der Waals surface area (Å²) in [5.74, 6) is -2.25. The molecule has 2 saturated heterocycles. The van der Waals surface area contributed by atoms with Crippen LogP contribution >= 0.6 is 11.6 Å². The predicted molar refractivity (Wildman–Crippen MR) is 153 cm³/mol. The number of hydrogen-bond acceptors (Lipinski definition) is 6. The number of rotatable bonds is 7. The fraction of sp³-hybridized carbons (Fsp3) is 0.379. The minimum absolute atomic E-state index is 0.00324. The number of piperidine rings is 1. The van der Waals surface area contributed by atoms with E-state index in [1.54, 1.807) is 18.0 Å². The van der Waals surface area contributed by atoms with Crippen molar-refractivity contribution < 1.29 is 32.3 Å². The number of hydrogen-bond donors (Lipinski definition) is 2. The van der Waals surface area contributed by atoms with Gasteiger partial charge in [0.1, 0.15) is 0 Å². The highest BCUT2D eigenvalue weighted by atomic mass is 35.5. The number of halogens is 4. The van der Waals surface area contributed by atoms with Gasteiger partial charge < -0.3 is 29.7 Å². The maximum Gasteiger partial charge on any atom is 0.387 e. The number of carbonyl (C=O) groups is 3. The minimum atomic E-state index is -3.16. The maximum atomic E-state index is 14.2. The highest BCUT2D eigenvalue weighted by Crippen LogP contribution is 2.28. The lowest BCUT2D eigenvalue weighted by Crippen LogP contribution is -2.52. The molecular formula is C29H30ClF3N6O4. The SMILES string of the molecule is Cn1c(-c2ccc(OC(F)F)c(F)c2)cnc1C(=O)Nc1ccc(C(=O)N2CCN(C(=O)C3CCNCC3)CC2)c(Cl)c1. The first-order chi connectivity index (χ1) is 20.6. The van der Waals surface area contributed by atoms with Gasteiger partial charge in [-0.15, -0.1) is 0 Å². The van der Waals surface area contributed by atoms with Crippen LogP contribution in [-0.4, -0.2) is 83.0 Å². The summed E-state index contributed by atoms with van der Waals surface area (Å²) in [6.45, 7) is 0.246. The number of nitrogens with zero attached hydrogens (tertiary/aromatic N) is 4. The lowest BCUT2D eigenvalue weighted by molar-refractivity contribution is -0.137. The highest BCUT2D eigenvalue weighted by molar-refractivity contribution is 6.34. The van der Waals surface area contributed by atoms with Gasteiger partial charge in [0.2, 0.25) is 5.91 Å². The van der Waals surface area contributed by atoms with Crippen molar-refractivity contribution in [3.05, 3.63) is 64.8 Å². The van der Waals surface area contributed by atoms with E-state index < -0.39 is 24.1 Å². The van der Waals surface area contributed by atoms with Gasteiger partial charge in [-0.3, -0.25) is 14.4 Å². The number of piperazine rings is 1. The Bertz CT molecular complexity index is 1520. The molecule has 0 saturated carbocycles. The normalized spacial score (nSPS) is 16.0. The molecule has 3 aromatic rings. The topological polar surface area (TPSA) is 109 Å². The van der Waals surface area contributed by atoms with Gasteiger partial charge in [-0.1, -0.05) is 11.6 Å². The van der Waals surface area contributed by atoms with Crippen molar-refractivity contribution in [2.75, 3.05) is 44.6 Å². The molecule has 0 unspecified atom stereocenters. The van der Waals surface area contributed by atoms with E-state index in [0.29, 0.717) is 43.1 Å². The molecule has 1 aromatic heterocycles. The Kier molecular flexibility index (Phi) is 9.21. The van der Waals surface area contributed by atoms with Crippen LogP contribution in [0.4, 0.5) is 18.9 Å².